The number of pyridine rings is 1. The van der Waals surface area contributed by atoms with Gasteiger partial charge in [-0.1, -0.05) is 6.07 Å². The zero-order chi connectivity index (χ0) is 15.4. The third-order valence-corrected chi connectivity index (χ3v) is 4.33. The van der Waals surface area contributed by atoms with Crippen molar-refractivity contribution in [2.24, 2.45) is 0 Å². The third-order valence-electron chi connectivity index (χ3n) is 4.33. The highest BCUT2D eigenvalue weighted by Crippen LogP contribution is 2.28. The summed E-state index contributed by atoms with van der Waals surface area (Å²) in [5.41, 5.74) is 0.394. The topological polar surface area (TPSA) is 71.8 Å². The van der Waals surface area contributed by atoms with Crippen LogP contribution < -0.4 is 10.6 Å². The maximum absolute atomic E-state index is 13.0. The smallest absolute Gasteiger partial charge is 0.248 e. The number of carbonyl (C=O) groups excluding carboxylic acids is 1. The second kappa shape index (κ2) is 6.27. The Morgan fingerprint density at radius 2 is 2.18 bits per heavy atom. The lowest BCUT2D eigenvalue weighted by Crippen LogP contribution is -2.55. The second-order valence-corrected chi connectivity index (χ2v) is 5.71. The summed E-state index contributed by atoms with van der Waals surface area (Å²) in [7, 11) is 0. The molecule has 2 aromatic heterocycles. The summed E-state index contributed by atoms with van der Waals surface area (Å²) in [6.45, 7) is 3.61. The zero-order valence-corrected chi connectivity index (χ0v) is 12.7. The Morgan fingerprint density at radius 1 is 1.36 bits per heavy atom. The minimum Gasteiger partial charge on any atom is -0.347 e. The normalized spacial score (nSPS) is 18.6. The molecule has 2 aromatic rings. The van der Waals surface area contributed by atoms with Crippen LogP contribution in [0.3, 0.4) is 0 Å². The lowest BCUT2D eigenvalue weighted by atomic mass is 9.87. The summed E-state index contributed by atoms with van der Waals surface area (Å²) in [5.74, 6) is 0.0223. The first-order valence-electron chi connectivity index (χ1n) is 7.64. The zero-order valence-electron chi connectivity index (χ0n) is 12.7. The fraction of sp³-hybridized carbons (Fsp3) is 0.438. The maximum Gasteiger partial charge on any atom is 0.248 e. The molecule has 1 aliphatic heterocycles. The van der Waals surface area contributed by atoms with E-state index in [9.17, 15) is 4.79 Å². The molecule has 3 heterocycles. The van der Waals surface area contributed by atoms with Crippen molar-refractivity contribution in [1.82, 2.24) is 25.4 Å². The summed E-state index contributed by atoms with van der Waals surface area (Å²) >= 11 is 0. The summed E-state index contributed by atoms with van der Waals surface area (Å²) in [6, 6.07) is 5.64. The van der Waals surface area contributed by atoms with E-state index in [1.165, 1.54) is 0 Å². The number of nitrogens with one attached hydrogen (secondary N) is 2. The molecule has 1 amide bonds. The van der Waals surface area contributed by atoms with Gasteiger partial charge >= 0.3 is 0 Å². The van der Waals surface area contributed by atoms with Crippen molar-refractivity contribution < 1.29 is 4.79 Å². The van der Waals surface area contributed by atoms with E-state index in [0.29, 0.717) is 0 Å². The molecular formula is C16H21N5O. The summed E-state index contributed by atoms with van der Waals surface area (Å²) in [4.78, 5) is 17.1. The molecule has 0 saturated carbocycles. The Kier molecular flexibility index (Phi) is 4.20. The van der Waals surface area contributed by atoms with Gasteiger partial charge in [-0.15, -0.1) is 0 Å². The van der Waals surface area contributed by atoms with Gasteiger partial charge in [0, 0.05) is 24.8 Å². The van der Waals surface area contributed by atoms with Gasteiger partial charge in [0.05, 0.1) is 6.04 Å². The molecule has 22 heavy (non-hydrogen) atoms. The van der Waals surface area contributed by atoms with Gasteiger partial charge in [0.25, 0.3) is 0 Å². The molecule has 0 radical (unpaired) electrons. The molecule has 3 rings (SSSR count). The lowest BCUT2D eigenvalue weighted by molar-refractivity contribution is -0.132. The fourth-order valence-electron chi connectivity index (χ4n) is 2.97. The Morgan fingerprint density at radius 3 is 2.82 bits per heavy atom. The average molecular weight is 299 g/mol. The molecule has 6 heteroatoms. The minimum absolute atomic E-state index is 0.0223. The first-order chi connectivity index (χ1) is 10.7. The number of hydrogen-bond acceptors (Lipinski definition) is 4. The van der Waals surface area contributed by atoms with Crippen molar-refractivity contribution in [3.8, 4) is 0 Å². The number of amides is 1. The van der Waals surface area contributed by atoms with E-state index in [0.717, 1.165) is 31.5 Å². The molecular weight excluding hydrogens is 278 g/mol. The van der Waals surface area contributed by atoms with Gasteiger partial charge in [0.15, 0.2) is 0 Å². The number of aromatic nitrogens is 3. The number of hydrogen-bond donors (Lipinski definition) is 2. The lowest BCUT2D eigenvalue weighted by Gasteiger charge is -2.37. The van der Waals surface area contributed by atoms with Gasteiger partial charge < -0.3 is 10.6 Å². The van der Waals surface area contributed by atoms with Crippen LogP contribution in [0.4, 0.5) is 0 Å². The van der Waals surface area contributed by atoms with Crippen molar-refractivity contribution in [2.45, 2.75) is 31.3 Å². The SMILES string of the molecule is C[C@H](NC(=O)C1(n2cccn2)CCNCC1)c1cccnc1. The number of rotatable bonds is 4. The van der Waals surface area contributed by atoms with Gasteiger partial charge in [-0.3, -0.25) is 14.5 Å². The summed E-state index contributed by atoms with van der Waals surface area (Å²) in [6.07, 6.45) is 8.59. The molecule has 0 spiro atoms. The van der Waals surface area contributed by atoms with E-state index in [-0.39, 0.29) is 11.9 Å². The van der Waals surface area contributed by atoms with Gasteiger partial charge in [-0.25, -0.2) is 0 Å². The van der Waals surface area contributed by atoms with Gasteiger partial charge in [-0.2, -0.15) is 5.10 Å². The monoisotopic (exact) mass is 299 g/mol. The van der Waals surface area contributed by atoms with Gasteiger partial charge in [-0.05, 0) is 50.6 Å². The van der Waals surface area contributed by atoms with Crippen LogP contribution in [0.25, 0.3) is 0 Å². The molecule has 2 N–H and O–H groups in total. The van der Waals surface area contributed by atoms with Crippen LogP contribution >= 0.6 is 0 Å². The van der Waals surface area contributed by atoms with Gasteiger partial charge in [0.2, 0.25) is 5.91 Å². The summed E-state index contributed by atoms with van der Waals surface area (Å²) < 4.78 is 1.80. The summed E-state index contributed by atoms with van der Waals surface area (Å²) in [5, 5.41) is 10.8. The molecule has 0 unspecified atom stereocenters. The van der Waals surface area contributed by atoms with Crippen molar-refractivity contribution in [3.05, 3.63) is 48.5 Å². The van der Waals surface area contributed by atoms with E-state index >= 15 is 0 Å². The molecule has 1 atom stereocenters. The molecule has 6 nitrogen and oxygen atoms in total. The van der Waals surface area contributed by atoms with E-state index < -0.39 is 5.54 Å². The Balaban J connectivity index is 1.81. The predicted molar refractivity (Wildman–Crippen MR) is 83.1 cm³/mol. The van der Waals surface area contributed by atoms with Crippen LogP contribution in [0.2, 0.25) is 0 Å². The van der Waals surface area contributed by atoms with E-state index in [4.69, 9.17) is 0 Å². The first kappa shape index (κ1) is 14.7. The Bertz CT molecular complexity index is 605. The quantitative estimate of drug-likeness (QED) is 0.891. The van der Waals surface area contributed by atoms with Crippen LogP contribution in [0.15, 0.2) is 43.0 Å². The first-order valence-corrected chi connectivity index (χ1v) is 7.64. The third kappa shape index (κ3) is 2.74. The second-order valence-electron chi connectivity index (χ2n) is 5.71. The number of piperidine rings is 1. The molecule has 0 bridgehead atoms. The predicted octanol–water partition coefficient (Wildman–Crippen LogP) is 1.23. The molecule has 1 saturated heterocycles. The van der Waals surface area contributed by atoms with Crippen molar-refractivity contribution in [1.29, 1.82) is 0 Å². The molecule has 1 aliphatic rings. The highest BCUT2D eigenvalue weighted by Gasteiger charge is 2.42. The van der Waals surface area contributed by atoms with E-state index in [2.05, 4.69) is 20.7 Å². The maximum atomic E-state index is 13.0. The highest BCUT2D eigenvalue weighted by molar-refractivity contribution is 5.85. The van der Waals surface area contributed by atoms with E-state index in [1.54, 1.807) is 23.3 Å². The fourth-order valence-corrected chi connectivity index (χ4v) is 2.97. The molecule has 0 aromatic carbocycles. The molecule has 1 fully saturated rings. The van der Waals surface area contributed by atoms with Crippen LogP contribution in [0, 0.1) is 0 Å². The van der Waals surface area contributed by atoms with E-state index in [1.807, 2.05) is 31.3 Å². The minimum atomic E-state index is -0.606. The Labute approximate surface area is 129 Å². The van der Waals surface area contributed by atoms with Crippen molar-refractivity contribution in [3.63, 3.8) is 0 Å². The van der Waals surface area contributed by atoms with Crippen molar-refractivity contribution in [2.75, 3.05) is 13.1 Å². The molecule has 116 valence electrons. The number of carbonyl (C=O) groups is 1. The highest BCUT2D eigenvalue weighted by atomic mass is 16.2. The standard InChI is InChI=1S/C16H21N5O/c1-13(14-4-2-7-18-12-14)20-15(22)16(5-9-17-10-6-16)21-11-3-8-19-21/h2-4,7-8,11-13,17H,5-6,9-10H2,1H3,(H,20,22)/t13-/m0/s1. The average Bonchev–Trinajstić information content (AvgIpc) is 3.11. The Hall–Kier alpha value is -2.21. The van der Waals surface area contributed by atoms with Crippen LogP contribution in [0.1, 0.15) is 31.4 Å². The van der Waals surface area contributed by atoms with Crippen LogP contribution in [-0.2, 0) is 10.3 Å². The van der Waals surface area contributed by atoms with Crippen LogP contribution in [-0.4, -0.2) is 33.8 Å². The van der Waals surface area contributed by atoms with Gasteiger partial charge in [0.1, 0.15) is 5.54 Å². The van der Waals surface area contributed by atoms with Crippen LogP contribution in [0.5, 0.6) is 0 Å². The van der Waals surface area contributed by atoms with Crippen molar-refractivity contribution >= 4 is 5.91 Å². The largest absolute Gasteiger partial charge is 0.347 e. The number of nitrogens with zero attached hydrogens (tertiary/aromatic N) is 3. The molecule has 0 aliphatic carbocycles.